The normalized spacial score (nSPS) is 12.9. The highest BCUT2D eigenvalue weighted by molar-refractivity contribution is 5.87. The molecule has 1 aliphatic rings. The van der Waals surface area contributed by atoms with Crippen molar-refractivity contribution in [3.63, 3.8) is 0 Å². The van der Waals surface area contributed by atoms with E-state index in [1.807, 2.05) is 43.3 Å². The summed E-state index contributed by atoms with van der Waals surface area (Å²) in [5.41, 5.74) is 2.17. The SMILES string of the molecule is CCCCNC(=O)C(CC)N(CCc1ccccc1)C(=O)CCc1ccc2c(c1)OCO2. The van der Waals surface area contributed by atoms with Crippen molar-refractivity contribution in [3.8, 4) is 11.5 Å². The third kappa shape index (κ3) is 6.49. The molecule has 6 heteroatoms. The number of fused-ring (bicyclic) bond motifs is 1. The molecule has 1 N–H and O–H groups in total. The average molecular weight is 439 g/mol. The minimum Gasteiger partial charge on any atom is -0.454 e. The van der Waals surface area contributed by atoms with Gasteiger partial charge in [0.05, 0.1) is 0 Å². The van der Waals surface area contributed by atoms with Gasteiger partial charge in [-0.25, -0.2) is 0 Å². The van der Waals surface area contributed by atoms with Gasteiger partial charge in [-0.2, -0.15) is 0 Å². The molecule has 1 aliphatic heterocycles. The van der Waals surface area contributed by atoms with Gasteiger partial charge in [-0.15, -0.1) is 0 Å². The molecular formula is C26H34N2O4. The topological polar surface area (TPSA) is 67.9 Å². The molecule has 0 radical (unpaired) electrons. The third-order valence-corrected chi connectivity index (χ3v) is 5.76. The summed E-state index contributed by atoms with van der Waals surface area (Å²) in [6, 6.07) is 15.4. The number of carbonyl (C=O) groups excluding carboxylic acids is 2. The van der Waals surface area contributed by atoms with E-state index in [0.717, 1.165) is 41.9 Å². The van der Waals surface area contributed by atoms with Gasteiger partial charge in [0.2, 0.25) is 18.6 Å². The number of hydrogen-bond donors (Lipinski definition) is 1. The molecular weight excluding hydrogens is 404 g/mol. The van der Waals surface area contributed by atoms with E-state index in [-0.39, 0.29) is 18.6 Å². The van der Waals surface area contributed by atoms with Crippen LogP contribution in [0.5, 0.6) is 11.5 Å². The number of ether oxygens (including phenoxy) is 2. The number of benzene rings is 2. The Kier molecular flexibility index (Phi) is 8.96. The summed E-state index contributed by atoms with van der Waals surface area (Å²) >= 11 is 0. The van der Waals surface area contributed by atoms with Crippen molar-refractivity contribution >= 4 is 11.8 Å². The minimum atomic E-state index is -0.458. The van der Waals surface area contributed by atoms with Crippen molar-refractivity contribution in [1.29, 1.82) is 0 Å². The van der Waals surface area contributed by atoms with Gasteiger partial charge in [0.25, 0.3) is 0 Å². The van der Waals surface area contributed by atoms with Crippen LogP contribution in [0.25, 0.3) is 0 Å². The maximum atomic E-state index is 13.3. The van der Waals surface area contributed by atoms with E-state index in [0.29, 0.717) is 32.4 Å². The predicted molar refractivity (Wildman–Crippen MR) is 125 cm³/mol. The second-order valence-corrected chi connectivity index (χ2v) is 8.08. The van der Waals surface area contributed by atoms with E-state index >= 15 is 0 Å². The van der Waals surface area contributed by atoms with Crippen molar-refractivity contribution in [3.05, 3.63) is 59.7 Å². The summed E-state index contributed by atoms with van der Waals surface area (Å²) in [5, 5.41) is 3.01. The van der Waals surface area contributed by atoms with Crippen LogP contribution in [0.4, 0.5) is 0 Å². The van der Waals surface area contributed by atoms with E-state index in [1.165, 1.54) is 0 Å². The Bertz CT molecular complexity index is 885. The lowest BCUT2D eigenvalue weighted by Crippen LogP contribution is -2.50. The first kappa shape index (κ1) is 23.6. The highest BCUT2D eigenvalue weighted by atomic mass is 16.7. The van der Waals surface area contributed by atoms with Crippen molar-refractivity contribution in [1.82, 2.24) is 10.2 Å². The zero-order chi connectivity index (χ0) is 22.8. The fourth-order valence-electron chi connectivity index (χ4n) is 3.89. The highest BCUT2D eigenvalue weighted by Gasteiger charge is 2.28. The first-order chi connectivity index (χ1) is 15.6. The fraction of sp³-hybridized carbons (Fsp3) is 0.462. The number of aryl methyl sites for hydroxylation is 1. The molecule has 0 spiro atoms. The van der Waals surface area contributed by atoms with Gasteiger partial charge in [0.1, 0.15) is 6.04 Å². The van der Waals surface area contributed by atoms with Crippen LogP contribution in [0, 0.1) is 0 Å². The molecule has 1 atom stereocenters. The summed E-state index contributed by atoms with van der Waals surface area (Å²) in [6.07, 6.45) is 4.18. The standard InChI is InChI=1S/C26H34N2O4/c1-3-5-16-27-26(30)22(4-2)28(17-15-20-9-7-6-8-10-20)25(29)14-12-21-11-13-23-24(18-21)32-19-31-23/h6-11,13,18,22H,3-5,12,14-17,19H2,1-2H3,(H,27,30). The van der Waals surface area contributed by atoms with Crippen LogP contribution >= 0.6 is 0 Å². The second-order valence-electron chi connectivity index (χ2n) is 8.08. The van der Waals surface area contributed by atoms with Gasteiger partial charge in [0.15, 0.2) is 11.5 Å². The van der Waals surface area contributed by atoms with Crippen LogP contribution in [0.1, 0.15) is 50.7 Å². The number of nitrogens with one attached hydrogen (secondary N) is 1. The van der Waals surface area contributed by atoms with Gasteiger partial charge < -0.3 is 19.7 Å². The second kappa shape index (κ2) is 12.1. The lowest BCUT2D eigenvalue weighted by atomic mass is 10.1. The molecule has 0 saturated carbocycles. The highest BCUT2D eigenvalue weighted by Crippen LogP contribution is 2.32. The Hall–Kier alpha value is -3.02. The van der Waals surface area contributed by atoms with Crippen molar-refractivity contribution in [2.24, 2.45) is 0 Å². The summed E-state index contributed by atoms with van der Waals surface area (Å²) in [5.74, 6) is 1.39. The number of rotatable bonds is 12. The summed E-state index contributed by atoms with van der Waals surface area (Å²) < 4.78 is 10.8. The number of hydrogen-bond acceptors (Lipinski definition) is 4. The Balaban J connectivity index is 1.67. The van der Waals surface area contributed by atoms with Gasteiger partial charge in [-0.3, -0.25) is 9.59 Å². The fourth-order valence-corrected chi connectivity index (χ4v) is 3.89. The lowest BCUT2D eigenvalue weighted by Gasteiger charge is -2.30. The van der Waals surface area contributed by atoms with Gasteiger partial charge in [-0.1, -0.05) is 56.7 Å². The van der Waals surface area contributed by atoms with Crippen LogP contribution < -0.4 is 14.8 Å². The summed E-state index contributed by atoms with van der Waals surface area (Å²) in [4.78, 5) is 27.9. The zero-order valence-corrected chi connectivity index (χ0v) is 19.1. The molecule has 0 aliphatic carbocycles. The maximum Gasteiger partial charge on any atom is 0.242 e. The smallest absolute Gasteiger partial charge is 0.242 e. The Morgan fingerprint density at radius 1 is 1.00 bits per heavy atom. The Morgan fingerprint density at radius 3 is 2.53 bits per heavy atom. The van der Waals surface area contributed by atoms with Crippen LogP contribution in [0.3, 0.4) is 0 Å². The van der Waals surface area contributed by atoms with Crippen molar-refractivity contribution in [2.75, 3.05) is 19.9 Å². The molecule has 2 aromatic rings. The molecule has 1 heterocycles. The molecule has 2 amide bonds. The van der Waals surface area contributed by atoms with E-state index in [1.54, 1.807) is 4.90 Å². The molecule has 0 aromatic heterocycles. The monoisotopic (exact) mass is 438 g/mol. The molecule has 0 bridgehead atoms. The predicted octanol–water partition coefficient (Wildman–Crippen LogP) is 4.11. The van der Waals surface area contributed by atoms with E-state index in [4.69, 9.17) is 9.47 Å². The lowest BCUT2D eigenvalue weighted by molar-refractivity contribution is -0.140. The van der Waals surface area contributed by atoms with Crippen molar-refractivity contribution < 1.29 is 19.1 Å². The molecule has 6 nitrogen and oxygen atoms in total. The first-order valence-corrected chi connectivity index (χ1v) is 11.6. The average Bonchev–Trinajstić information content (AvgIpc) is 3.29. The molecule has 0 fully saturated rings. The van der Waals surface area contributed by atoms with Crippen molar-refractivity contribution in [2.45, 2.75) is 58.4 Å². The quantitative estimate of drug-likeness (QED) is 0.507. The summed E-state index contributed by atoms with van der Waals surface area (Å²) in [6.45, 7) is 5.45. The number of unbranched alkanes of at least 4 members (excludes halogenated alkanes) is 1. The molecule has 1 unspecified atom stereocenters. The third-order valence-electron chi connectivity index (χ3n) is 5.76. The Morgan fingerprint density at radius 2 is 1.78 bits per heavy atom. The summed E-state index contributed by atoms with van der Waals surface area (Å²) in [7, 11) is 0. The number of carbonyl (C=O) groups is 2. The largest absolute Gasteiger partial charge is 0.454 e. The molecule has 2 aromatic carbocycles. The van der Waals surface area contributed by atoms with E-state index in [2.05, 4.69) is 24.4 Å². The Labute approximate surface area is 190 Å². The number of amides is 2. The first-order valence-electron chi connectivity index (χ1n) is 11.6. The van der Waals surface area contributed by atoms with Crippen LogP contribution in [0.15, 0.2) is 48.5 Å². The van der Waals surface area contributed by atoms with Gasteiger partial charge >= 0.3 is 0 Å². The maximum absolute atomic E-state index is 13.3. The molecule has 0 saturated heterocycles. The minimum absolute atomic E-state index is 0.00362. The molecule has 32 heavy (non-hydrogen) atoms. The van der Waals surface area contributed by atoms with E-state index < -0.39 is 6.04 Å². The molecule has 172 valence electrons. The number of nitrogens with zero attached hydrogens (tertiary/aromatic N) is 1. The van der Waals surface area contributed by atoms with E-state index in [9.17, 15) is 9.59 Å². The van der Waals surface area contributed by atoms with Gasteiger partial charge in [0, 0.05) is 19.5 Å². The zero-order valence-electron chi connectivity index (χ0n) is 19.1. The molecule has 3 rings (SSSR count). The van der Waals surface area contributed by atoms with Crippen LogP contribution in [-0.4, -0.2) is 42.6 Å². The van der Waals surface area contributed by atoms with Gasteiger partial charge in [-0.05, 0) is 48.9 Å². The van der Waals surface area contributed by atoms with Crippen LogP contribution in [0.2, 0.25) is 0 Å². The van der Waals surface area contributed by atoms with Crippen LogP contribution in [-0.2, 0) is 22.4 Å².